The molecule has 0 radical (unpaired) electrons. The summed E-state index contributed by atoms with van der Waals surface area (Å²) in [6.45, 7) is 6.67. The molecule has 2 saturated heterocycles. The van der Waals surface area contributed by atoms with Gasteiger partial charge < -0.3 is 14.4 Å². The van der Waals surface area contributed by atoms with Gasteiger partial charge in [0, 0.05) is 19.6 Å². The van der Waals surface area contributed by atoms with Crippen molar-refractivity contribution in [1.82, 2.24) is 9.80 Å². The maximum atomic E-state index is 12.4. The average Bonchev–Trinajstić information content (AvgIpc) is 2.48. The van der Waals surface area contributed by atoms with Crippen LogP contribution in [-0.2, 0) is 19.1 Å². The molecule has 114 valence electrons. The van der Waals surface area contributed by atoms with Gasteiger partial charge in [0.05, 0.1) is 32.3 Å². The van der Waals surface area contributed by atoms with Gasteiger partial charge in [-0.2, -0.15) is 0 Å². The molecule has 6 heteroatoms. The number of rotatable bonds is 4. The molecule has 2 heterocycles. The van der Waals surface area contributed by atoms with Crippen LogP contribution in [0.25, 0.3) is 0 Å². The number of hydrogen-bond donors (Lipinski definition) is 0. The van der Waals surface area contributed by atoms with Gasteiger partial charge in [-0.1, -0.05) is 0 Å². The third-order valence-corrected chi connectivity index (χ3v) is 3.84. The lowest BCUT2D eigenvalue weighted by molar-refractivity contribution is -0.147. The van der Waals surface area contributed by atoms with E-state index >= 15 is 0 Å². The number of nitrogens with zero attached hydrogens (tertiary/aromatic N) is 2. The third kappa shape index (κ3) is 4.18. The van der Waals surface area contributed by atoms with Crippen molar-refractivity contribution in [2.45, 2.75) is 19.8 Å². The zero-order valence-electron chi connectivity index (χ0n) is 12.2. The third-order valence-electron chi connectivity index (χ3n) is 3.84. The van der Waals surface area contributed by atoms with Crippen LogP contribution in [0.3, 0.4) is 0 Å². The van der Waals surface area contributed by atoms with Crippen LogP contribution in [0.4, 0.5) is 0 Å². The van der Waals surface area contributed by atoms with E-state index in [1.807, 2.05) is 9.80 Å². The normalized spacial score (nSPS) is 24.4. The lowest BCUT2D eigenvalue weighted by Crippen LogP contribution is -2.49. The predicted octanol–water partition coefficient (Wildman–Crippen LogP) is 0.120. The molecule has 0 aromatic heterocycles. The fourth-order valence-corrected chi connectivity index (χ4v) is 2.83. The van der Waals surface area contributed by atoms with Gasteiger partial charge in [-0.25, -0.2) is 0 Å². The van der Waals surface area contributed by atoms with E-state index in [0.29, 0.717) is 46.0 Å². The first kappa shape index (κ1) is 15.3. The second-order valence-corrected chi connectivity index (χ2v) is 5.32. The Morgan fingerprint density at radius 2 is 2.00 bits per heavy atom. The van der Waals surface area contributed by atoms with Crippen molar-refractivity contribution in [3.8, 4) is 0 Å². The van der Waals surface area contributed by atoms with E-state index in [-0.39, 0.29) is 17.8 Å². The number of esters is 1. The molecule has 2 fully saturated rings. The van der Waals surface area contributed by atoms with Gasteiger partial charge in [-0.05, 0) is 26.3 Å². The van der Waals surface area contributed by atoms with Gasteiger partial charge in [0.15, 0.2) is 0 Å². The largest absolute Gasteiger partial charge is 0.465 e. The van der Waals surface area contributed by atoms with Crippen molar-refractivity contribution < 1.29 is 19.1 Å². The molecule has 0 aromatic rings. The van der Waals surface area contributed by atoms with Crippen LogP contribution in [0.15, 0.2) is 0 Å². The van der Waals surface area contributed by atoms with Crippen LogP contribution in [0.1, 0.15) is 19.8 Å². The Kier molecular flexibility index (Phi) is 5.79. The van der Waals surface area contributed by atoms with E-state index in [2.05, 4.69) is 0 Å². The van der Waals surface area contributed by atoms with Crippen molar-refractivity contribution in [3.05, 3.63) is 0 Å². The Morgan fingerprint density at radius 1 is 1.25 bits per heavy atom. The summed E-state index contributed by atoms with van der Waals surface area (Å²) >= 11 is 0. The van der Waals surface area contributed by atoms with Crippen molar-refractivity contribution in [1.29, 1.82) is 0 Å². The molecule has 2 aliphatic heterocycles. The summed E-state index contributed by atoms with van der Waals surface area (Å²) in [5.41, 5.74) is 0. The fraction of sp³-hybridized carbons (Fsp3) is 0.857. The highest BCUT2D eigenvalue weighted by molar-refractivity contribution is 5.79. The minimum atomic E-state index is -0.202. The van der Waals surface area contributed by atoms with Gasteiger partial charge in [0.2, 0.25) is 5.91 Å². The second kappa shape index (κ2) is 7.59. The SMILES string of the molecule is CCOC(=O)CN1CCCC(C(=O)N2CCOCC2)C1. The zero-order valence-corrected chi connectivity index (χ0v) is 12.2. The zero-order chi connectivity index (χ0) is 14.4. The van der Waals surface area contributed by atoms with Gasteiger partial charge in [-0.15, -0.1) is 0 Å². The van der Waals surface area contributed by atoms with Crippen molar-refractivity contribution in [3.63, 3.8) is 0 Å². The molecule has 0 saturated carbocycles. The molecule has 0 spiro atoms. The first-order chi connectivity index (χ1) is 9.70. The monoisotopic (exact) mass is 284 g/mol. The Hall–Kier alpha value is -1.14. The molecule has 6 nitrogen and oxygen atoms in total. The maximum Gasteiger partial charge on any atom is 0.320 e. The molecular formula is C14H24N2O4. The lowest BCUT2D eigenvalue weighted by Gasteiger charge is -2.35. The minimum Gasteiger partial charge on any atom is -0.465 e. The summed E-state index contributed by atoms with van der Waals surface area (Å²) in [4.78, 5) is 27.9. The molecule has 0 N–H and O–H groups in total. The number of amides is 1. The topological polar surface area (TPSA) is 59.1 Å². The van der Waals surface area contributed by atoms with Crippen LogP contribution in [0.2, 0.25) is 0 Å². The second-order valence-electron chi connectivity index (χ2n) is 5.32. The highest BCUT2D eigenvalue weighted by Gasteiger charge is 2.30. The summed E-state index contributed by atoms with van der Waals surface area (Å²) in [5.74, 6) is 0.0186. The van der Waals surface area contributed by atoms with Crippen LogP contribution in [0.5, 0.6) is 0 Å². The first-order valence-corrected chi connectivity index (χ1v) is 7.45. The van der Waals surface area contributed by atoms with Gasteiger partial charge in [0.1, 0.15) is 0 Å². The molecular weight excluding hydrogens is 260 g/mol. The number of likely N-dealkylation sites (tertiary alicyclic amines) is 1. The van der Waals surface area contributed by atoms with Crippen LogP contribution < -0.4 is 0 Å². The van der Waals surface area contributed by atoms with Crippen LogP contribution in [0, 0.1) is 5.92 Å². The fourth-order valence-electron chi connectivity index (χ4n) is 2.83. The van der Waals surface area contributed by atoms with E-state index in [1.165, 1.54) is 0 Å². The number of carbonyl (C=O) groups is 2. The number of morpholine rings is 1. The van der Waals surface area contributed by atoms with Gasteiger partial charge in [-0.3, -0.25) is 14.5 Å². The van der Waals surface area contributed by atoms with Crippen molar-refractivity contribution in [2.24, 2.45) is 5.92 Å². The lowest BCUT2D eigenvalue weighted by atomic mass is 9.96. The predicted molar refractivity (Wildman–Crippen MR) is 73.2 cm³/mol. The van der Waals surface area contributed by atoms with Crippen LogP contribution in [-0.4, -0.2) is 74.2 Å². The molecule has 2 rings (SSSR count). The quantitative estimate of drug-likeness (QED) is 0.686. The summed E-state index contributed by atoms with van der Waals surface area (Å²) in [6, 6.07) is 0. The number of hydrogen-bond acceptors (Lipinski definition) is 5. The van der Waals surface area contributed by atoms with Gasteiger partial charge in [0.25, 0.3) is 0 Å². The molecule has 0 aromatic carbocycles. The Balaban J connectivity index is 1.82. The van der Waals surface area contributed by atoms with Crippen molar-refractivity contribution in [2.75, 3.05) is 52.5 Å². The number of piperidine rings is 1. The van der Waals surface area contributed by atoms with Gasteiger partial charge >= 0.3 is 5.97 Å². The molecule has 2 aliphatic rings. The van der Waals surface area contributed by atoms with E-state index in [1.54, 1.807) is 6.92 Å². The van der Waals surface area contributed by atoms with Crippen molar-refractivity contribution >= 4 is 11.9 Å². The molecule has 20 heavy (non-hydrogen) atoms. The number of carbonyl (C=O) groups excluding carboxylic acids is 2. The molecule has 1 unspecified atom stereocenters. The van der Waals surface area contributed by atoms with E-state index < -0.39 is 0 Å². The van der Waals surface area contributed by atoms with Crippen LogP contribution >= 0.6 is 0 Å². The maximum absolute atomic E-state index is 12.4. The minimum absolute atomic E-state index is 0.0104. The Labute approximate surface area is 120 Å². The molecule has 1 atom stereocenters. The summed E-state index contributed by atoms with van der Waals surface area (Å²) in [7, 11) is 0. The highest BCUT2D eigenvalue weighted by Crippen LogP contribution is 2.19. The standard InChI is InChI=1S/C14H24N2O4/c1-2-20-13(17)11-15-5-3-4-12(10-15)14(18)16-6-8-19-9-7-16/h12H,2-11H2,1H3. The molecule has 1 amide bonds. The first-order valence-electron chi connectivity index (χ1n) is 7.45. The summed E-state index contributed by atoms with van der Waals surface area (Å²) in [5, 5.41) is 0. The van der Waals surface area contributed by atoms with E-state index in [4.69, 9.17) is 9.47 Å². The molecule has 0 bridgehead atoms. The summed E-state index contributed by atoms with van der Waals surface area (Å²) < 4.78 is 10.2. The Bertz CT molecular complexity index is 342. The smallest absolute Gasteiger partial charge is 0.320 e. The van der Waals surface area contributed by atoms with E-state index in [0.717, 1.165) is 19.4 Å². The number of ether oxygens (including phenoxy) is 2. The van der Waals surface area contributed by atoms with E-state index in [9.17, 15) is 9.59 Å². The molecule has 0 aliphatic carbocycles. The average molecular weight is 284 g/mol. The Morgan fingerprint density at radius 3 is 2.70 bits per heavy atom. The summed E-state index contributed by atoms with van der Waals surface area (Å²) in [6.07, 6.45) is 1.87. The highest BCUT2D eigenvalue weighted by atomic mass is 16.5.